The molecular formula is C14H20ClFN2O2S. The number of hydrogen-bond acceptors (Lipinski definition) is 3. The molecule has 1 heterocycles. The van der Waals surface area contributed by atoms with Gasteiger partial charge in [-0.05, 0) is 50.0 Å². The highest BCUT2D eigenvalue weighted by Gasteiger charge is 2.29. The zero-order valence-corrected chi connectivity index (χ0v) is 13.6. The number of rotatable bonds is 5. The van der Waals surface area contributed by atoms with E-state index < -0.39 is 15.8 Å². The van der Waals surface area contributed by atoms with Crippen LogP contribution in [0.1, 0.15) is 19.8 Å². The molecule has 1 aliphatic heterocycles. The molecule has 0 aromatic heterocycles. The molecule has 1 aromatic carbocycles. The molecule has 0 radical (unpaired) electrons. The fraction of sp³-hybridized carbons (Fsp3) is 0.571. The van der Waals surface area contributed by atoms with E-state index in [1.54, 1.807) is 6.92 Å². The Bertz CT molecular complexity index is 589. The highest BCUT2D eigenvalue weighted by Crippen LogP contribution is 2.24. The van der Waals surface area contributed by atoms with E-state index in [0.717, 1.165) is 32.0 Å². The first-order chi connectivity index (χ1) is 9.95. The van der Waals surface area contributed by atoms with Crippen LogP contribution >= 0.6 is 11.6 Å². The quantitative estimate of drug-likeness (QED) is 0.900. The van der Waals surface area contributed by atoms with Gasteiger partial charge in [0.2, 0.25) is 10.0 Å². The Labute approximate surface area is 130 Å². The van der Waals surface area contributed by atoms with Crippen molar-refractivity contribution in [3.05, 3.63) is 29.0 Å². The number of nitrogens with zero attached hydrogens (tertiary/aromatic N) is 1. The van der Waals surface area contributed by atoms with Crippen LogP contribution < -0.4 is 5.32 Å². The van der Waals surface area contributed by atoms with Crippen LogP contribution in [0.2, 0.25) is 5.02 Å². The molecule has 118 valence electrons. The zero-order valence-electron chi connectivity index (χ0n) is 12.0. The normalized spacial score (nSPS) is 19.9. The van der Waals surface area contributed by atoms with Crippen molar-refractivity contribution in [2.75, 3.05) is 26.2 Å². The molecule has 1 aromatic rings. The van der Waals surface area contributed by atoms with Crippen LogP contribution in [0.3, 0.4) is 0 Å². The van der Waals surface area contributed by atoms with Crippen molar-refractivity contribution in [2.24, 2.45) is 5.92 Å². The molecule has 1 N–H and O–H groups in total. The molecule has 1 aliphatic rings. The largest absolute Gasteiger partial charge is 0.316 e. The number of hydrogen-bond donors (Lipinski definition) is 1. The molecule has 1 unspecified atom stereocenters. The Kier molecular flexibility index (Phi) is 5.60. The van der Waals surface area contributed by atoms with E-state index in [0.29, 0.717) is 13.1 Å². The number of benzene rings is 1. The van der Waals surface area contributed by atoms with Crippen LogP contribution in [0.25, 0.3) is 0 Å². The molecule has 21 heavy (non-hydrogen) atoms. The van der Waals surface area contributed by atoms with Gasteiger partial charge in [-0.15, -0.1) is 0 Å². The number of halogens is 2. The van der Waals surface area contributed by atoms with Crippen LogP contribution in [0.15, 0.2) is 23.1 Å². The molecule has 0 spiro atoms. The molecule has 0 aliphatic carbocycles. The molecule has 1 fully saturated rings. The van der Waals surface area contributed by atoms with E-state index in [9.17, 15) is 12.8 Å². The molecule has 0 bridgehead atoms. The first-order valence-electron chi connectivity index (χ1n) is 7.11. The third-order valence-electron chi connectivity index (χ3n) is 3.73. The molecular weight excluding hydrogens is 315 g/mol. The lowest BCUT2D eigenvalue weighted by atomic mass is 10.00. The second-order valence-electron chi connectivity index (χ2n) is 5.24. The lowest BCUT2D eigenvalue weighted by molar-refractivity contribution is 0.297. The predicted molar refractivity (Wildman–Crippen MR) is 81.4 cm³/mol. The lowest BCUT2D eigenvalue weighted by Crippen LogP contribution is -2.41. The van der Waals surface area contributed by atoms with Gasteiger partial charge in [-0.1, -0.05) is 18.5 Å². The summed E-state index contributed by atoms with van der Waals surface area (Å²) in [6, 6.07) is 3.66. The third kappa shape index (κ3) is 3.94. The highest BCUT2D eigenvalue weighted by atomic mass is 35.5. The highest BCUT2D eigenvalue weighted by molar-refractivity contribution is 7.89. The summed E-state index contributed by atoms with van der Waals surface area (Å²) in [6.45, 7) is 4.27. The van der Waals surface area contributed by atoms with Crippen molar-refractivity contribution in [3.63, 3.8) is 0 Å². The van der Waals surface area contributed by atoms with Gasteiger partial charge >= 0.3 is 0 Å². The molecule has 0 amide bonds. The van der Waals surface area contributed by atoms with Crippen molar-refractivity contribution >= 4 is 21.6 Å². The third-order valence-corrected chi connectivity index (χ3v) is 5.93. The predicted octanol–water partition coefficient (Wildman–Crippen LogP) is 2.49. The lowest BCUT2D eigenvalue weighted by Gasteiger charge is -2.29. The Morgan fingerprint density at radius 3 is 2.81 bits per heavy atom. The average molecular weight is 335 g/mol. The van der Waals surface area contributed by atoms with E-state index in [1.165, 1.54) is 16.4 Å². The average Bonchev–Trinajstić information content (AvgIpc) is 2.45. The Morgan fingerprint density at radius 2 is 2.24 bits per heavy atom. The molecule has 0 saturated carbocycles. The second-order valence-corrected chi connectivity index (χ2v) is 7.59. The summed E-state index contributed by atoms with van der Waals surface area (Å²) >= 11 is 5.68. The van der Waals surface area contributed by atoms with Gasteiger partial charge in [0.1, 0.15) is 10.7 Å². The van der Waals surface area contributed by atoms with Gasteiger partial charge < -0.3 is 5.32 Å². The number of nitrogens with one attached hydrogen (secondary N) is 1. The second kappa shape index (κ2) is 7.05. The van der Waals surface area contributed by atoms with Crippen LogP contribution in [0.5, 0.6) is 0 Å². The molecule has 2 rings (SSSR count). The fourth-order valence-corrected chi connectivity index (χ4v) is 4.32. The minimum Gasteiger partial charge on any atom is -0.316 e. The van der Waals surface area contributed by atoms with E-state index in [-0.39, 0.29) is 15.8 Å². The summed E-state index contributed by atoms with van der Waals surface area (Å²) in [5.74, 6) is -0.536. The van der Waals surface area contributed by atoms with Crippen LogP contribution in [0.4, 0.5) is 4.39 Å². The van der Waals surface area contributed by atoms with Crippen molar-refractivity contribution in [2.45, 2.75) is 24.7 Å². The minimum absolute atomic E-state index is 0.186. The maximum absolute atomic E-state index is 13.9. The van der Waals surface area contributed by atoms with E-state index >= 15 is 0 Å². The molecule has 7 heteroatoms. The smallest absolute Gasteiger partial charge is 0.245 e. The first-order valence-corrected chi connectivity index (χ1v) is 8.93. The Balaban J connectivity index is 2.22. The van der Waals surface area contributed by atoms with E-state index in [4.69, 9.17) is 11.6 Å². The van der Waals surface area contributed by atoms with Gasteiger partial charge in [0, 0.05) is 18.1 Å². The van der Waals surface area contributed by atoms with Crippen LogP contribution in [-0.4, -0.2) is 38.9 Å². The summed E-state index contributed by atoms with van der Waals surface area (Å²) in [5, 5.41) is 3.45. The maximum atomic E-state index is 13.9. The standard InChI is InChI=1S/C14H20ClFN2O2S/c1-2-18(10-11-4-3-7-17-9-11)21(19,20)14-6-5-12(15)8-13(14)16/h5-6,8,11,17H,2-4,7,9-10H2,1H3. The van der Waals surface area contributed by atoms with Gasteiger partial charge in [0.15, 0.2) is 0 Å². The van der Waals surface area contributed by atoms with Crippen molar-refractivity contribution in [3.8, 4) is 0 Å². The van der Waals surface area contributed by atoms with Gasteiger partial charge in [-0.3, -0.25) is 0 Å². The van der Waals surface area contributed by atoms with Gasteiger partial charge in [0.05, 0.1) is 0 Å². The first kappa shape index (κ1) is 16.7. The summed E-state index contributed by atoms with van der Waals surface area (Å²) in [6.07, 6.45) is 2.03. The fourth-order valence-electron chi connectivity index (χ4n) is 2.59. The zero-order chi connectivity index (χ0) is 15.5. The number of sulfonamides is 1. The topological polar surface area (TPSA) is 49.4 Å². The van der Waals surface area contributed by atoms with Crippen molar-refractivity contribution in [1.29, 1.82) is 0 Å². The van der Waals surface area contributed by atoms with Crippen molar-refractivity contribution in [1.82, 2.24) is 9.62 Å². The molecule has 1 saturated heterocycles. The van der Waals surface area contributed by atoms with Crippen LogP contribution in [-0.2, 0) is 10.0 Å². The van der Waals surface area contributed by atoms with Gasteiger partial charge in [-0.25, -0.2) is 12.8 Å². The van der Waals surface area contributed by atoms with E-state index in [1.807, 2.05) is 0 Å². The summed E-state index contributed by atoms with van der Waals surface area (Å²) in [7, 11) is -3.83. The Hall–Kier alpha value is -0.690. The monoisotopic (exact) mass is 334 g/mol. The number of piperidine rings is 1. The minimum atomic E-state index is -3.83. The summed E-state index contributed by atoms with van der Waals surface area (Å²) < 4.78 is 40.4. The summed E-state index contributed by atoms with van der Waals surface area (Å²) in [4.78, 5) is -0.308. The molecule has 4 nitrogen and oxygen atoms in total. The maximum Gasteiger partial charge on any atom is 0.245 e. The summed E-state index contributed by atoms with van der Waals surface area (Å²) in [5.41, 5.74) is 0. The van der Waals surface area contributed by atoms with Crippen LogP contribution in [0, 0.1) is 11.7 Å². The van der Waals surface area contributed by atoms with E-state index in [2.05, 4.69) is 5.32 Å². The SMILES string of the molecule is CCN(CC1CCCNC1)S(=O)(=O)c1ccc(Cl)cc1F. The van der Waals surface area contributed by atoms with Gasteiger partial charge in [0.25, 0.3) is 0 Å². The van der Waals surface area contributed by atoms with Gasteiger partial charge in [-0.2, -0.15) is 4.31 Å². The van der Waals surface area contributed by atoms with Crippen molar-refractivity contribution < 1.29 is 12.8 Å². The Morgan fingerprint density at radius 1 is 1.48 bits per heavy atom. The molecule has 1 atom stereocenters.